The van der Waals surface area contributed by atoms with Gasteiger partial charge in [-0.05, 0) is 60.7 Å². The van der Waals surface area contributed by atoms with Gasteiger partial charge in [-0.2, -0.15) is 0 Å². The molecule has 1 saturated carbocycles. The van der Waals surface area contributed by atoms with Crippen molar-refractivity contribution < 1.29 is 9.18 Å². The van der Waals surface area contributed by atoms with Gasteiger partial charge in [0, 0.05) is 15.1 Å². The number of fused-ring (bicyclic) bond motifs is 1. The highest BCUT2D eigenvalue weighted by Gasteiger charge is 2.51. The molecule has 2 aromatic carbocycles. The molecule has 1 aliphatic carbocycles. The molecule has 1 fully saturated rings. The van der Waals surface area contributed by atoms with E-state index in [1.807, 2.05) is 30.3 Å². The Bertz CT molecular complexity index is 806. The molecule has 24 heavy (non-hydrogen) atoms. The molecule has 1 atom stereocenters. The first-order chi connectivity index (χ1) is 11.6. The van der Waals surface area contributed by atoms with Gasteiger partial charge in [0.25, 0.3) is 0 Å². The van der Waals surface area contributed by atoms with Gasteiger partial charge in [0.1, 0.15) is 5.82 Å². The van der Waals surface area contributed by atoms with Gasteiger partial charge in [-0.15, -0.1) is 11.8 Å². The fourth-order valence-electron chi connectivity index (χ4n) is 3.37. The minimum absolute atomic E-state index is 0.0627. The van der Waals surface area contributed by atoms with Gasteiger partial charge < -0.3 is 5.32 Å². The molecule has 1 unspecified atom stereocenters. The Balaban J connectivity index is 1.59. The Morgan fingerprint density at radius 1 is 1.25 bits per heavy atom. The summed E-state index contributed by atoms with van der Waals surface area (Å²) in [6.07, 6.45) is 2.57. The van der Waals surface area contributed by atoms with Crippen molar-refractivity contribution in [2.45, 2.75) is 35.6 Å². The van der Waals surface area contributed by atoms with Crippen LogP contribution in [-0.4, -0.2) is 11.7 Å². The fourth-order valence-corrected chi connectivity index (χ4v) is 4.87. The highest BCUT2D eigenvalue weighted by atomic mass is 79.9. The van der Waals surface area contributed by atoms with Crippen molar-refractivity contribution in [1.82, 2.24) is 5.32 Å². The Morgan fingerprint density at radius 2 is 2.08 bits per heavy atom. The van der Waals surface area contributed by atoms with E-state index in [1.54, 1.807) is 17.8 Å². The molecule has 0 saturated heterocycles. The molecule has 1 heterocycles. The van der Waals surface area contributed by atoms with Crippen LogP contribution in [0.1, 0.15) is 36.4 Å². The predicted molar refractivity (Wildman–Crippen MR) is 97.7 cm³/mol. The van der Waals surface area contributed by atoms with Crippen LogP contribution in [0.5, 0.6) is 0 Å². The van der Waals surface area contributed by atoms with E-state index >= 15 is 0 Å². The summed E-state index contributed by atoms with van der Waals surface area (Å²) in [6.45, 7) is 0. The third kappa shape index (κ3) is 2.88. The van der Waals surface area contributed by atoms with Crippen LogP contribution in [0.3, 0.4) is 0 Å². The third-order valence-corrected chi connectivity index (χ3v) is 6.49. The van der Waals surface area contributed by atoms with Gasteiger partial charge >= 0.3 is 0 Å². The first-order valence-electron chi connectivity index (χ1n) is 8.08. The number of thioether (sulfide) groups is 1. The average molecular weight is 406 g/mol. The molecule has 0 bridgehead atoms. The standard InChI is InChI=1S/C19H17BrFNOS/c20-13-3-1-2-12(10-13)19(7-8-19)18(23)22-16-6-9-24-17-5-4-14(21)11-15(16)17/h1-5,10-11,16H,6-9H2,(H,22,23). The Kier molecular flexibility index (Phi) is 4.17. The molecule has 2 aromatic rings. The summed E-state index contributed by atoms with van der Waals surface area (Å²) in [7, 11) is 0. The van der Waals surface area contributed by atoms with Crippen molar-refractivity contribution in [1.29, 1.82) is 0 Å². The number of amides is 1. The molecule has 0 radical (unpaired) electrons. The molecule has 124 valence electrons. The lowest BCUT2D eigenvalue weighted by molar-refractivity contribution is -0.124. The number of hydrogen-bond donors (Lipinski definition) is 1. The van der Waals surface area contributed by atoms with E-state index in [-0.39, 0.29) is 17.8 Å². The van der Waals surface area contributed by atoms with Gasteiger partial charge in [0.2, 0.25) is 5.91 Å². The highest BCUT2D eigenvalue weighted by Crippen LogP contribution is 2.49. The second-order valence-corrected chi connectivity index (χ2v) is 8.49. The molecule has 2 nitrogen and oxygen atoms in total. The van der Waals surface area contributed by atoms with Crippen LogP contribution in [0, 0.1) is 5.82 Å². The third-order valence-electron chi connectivity index (χ3n) is 4.88. The number of nitrogens with one attached hydrogen (secondary N) is 1. The normalized spacial score (nSPS) is 21.0. The minimum atomic E-state index is -0.415. The molecule has 0 aromatic heterocycles. The zero-order valence-electron chi connectivity index (χ0n) is 13.0. The minimum Gasteiger partial charge on any atom is -0.348 e. The van der Waals surface area contributed by atoms with E-state index in [2.05, 4.69) is 21.2 Å². The lowest BCUT2D eigenvalue weighted by Gasteiger charge is -2.28. The molecule has 5 heteroatoms. The lowest BCUT2D eigenvalue weighted by atomic mass is 9.93. The van der Waals surface area contributed by atoms with Crippen LogP contribution >= 0.6 is 27.7 Å². The van der Waals surface area contributed by atoms with Crippen molar-refractivity contribution in [2.24, 2.45) is 0 Å². The number of halogens is 2. The van der Waals surface area contributed by atoms with E-state index in [0.29, 0.717) is 0 Å². The van der Waals surface area contributed by atoms with E-state index in [1.165, 1.54) is 6.07 Å². The second kappa shape index (κ2) is 6.19. The van der Waals surface area contributed by atoms with Crippen molar-refractivity contribution in [3.63, 3.8) is 0 Å². The average Bonchev–Trinajstić information content (AvgIpc) is 3.37. The predicted octanol–water partition coefficient (Wildman–Crippen LogP) is 4.97. The van der Waals surface area contributed by atoms with Crippen molar-refractivity contribution >= 4 is 33.6 Å². The molecule has 0 spiro atoms. The smallest absolute Gasteiger partial charge is 0.231 e. The van der Waals surface area contributed by atoms with E-state index in [9.17, 15) is 9.18 Å². The Hall–Kier alpha value is -1.33. The largest absolute Gasteiger partial charge is 0.348 e. The maximum atomic E-state index is 13.6. The monoisotopic (exact) mass is 405 g/mol. The number of carbonyl (C=O) groups excluding carboxylic acids is 1. The van der Waals surface area contributed by atoms with E-state index in [4.69, 9.17) is 0 Å². The summed E-state index contributed by atoms with van der Waals surface area (Å²) in [4.78, 5) is 14.0. The van der Waals surface area contributed by atoms with Gasteiger partial charge in [-0.1, -0.05) is 28.1 Å². The molecule has 1 amide bonds. The van der Waals surface area contributed by atoms with Gasteiger partial charge in [0.05, 0.1) is 11.5 Å². The zero-order valence-corrected chi connectivity index (χ0v) is 15.4. The van der Waals surface area contributed by atoms with Gasteiger partial charge in [-0.25, -0.2) is 4.39 Å². The van der Waals surface area contributed by atoms with Crippen LogP contribution in [0.4, 0.5) is 4.39 Å². The Morgan fingerprint density at radius 3 is 2.83 bits per heavy atom. The maximum absolute atomic E-state index is 13.6. The summed E-state index contributed by atoms with van der Waals surface area (Å²) < 4.78 is 14.6. The first-order valence-corrected chi connectivity index (χ1v) is 9.86. The second-order valence-electron chi connectivity index (χ2n) is 6.44. The van der Waals surface area contributed by atoms with Crippen LogP contribution in [0.25, 0.3) is 0 Å². The number of hydrogen-bond acceptors (Lipinski definition) is 2. The van der Waals surface area contributed by atoms with E-state index in [0.717, 1.165) is 45.5 Å². The van der Waals surface area contributed by atoms with Crippen LogP contribution in [0.2, 0.25) is 0 Å². The molecule has 1 aliphatic heterocycles. The highest BCUT2D eigenvalue weighted by molar-refractivity contribution is 9.10. The topological polar surface area (TPSA) is 29.1 Å². The van der Waals surface area contributed by atoms with Crippen molar-refractivity contribution in [2.75, 3.05) is 5.75 Å². The SMILES string of the molecule is O=C(NC1CCSc2ccc(F)cc21)C1(c2cccc(Br)c2)CC1. The number of rotatable bonds is 3. The van der Waals surface area contributed by atoms with Crippen LogP contribution < -0.4 is 5.32 Å². The van der Waals surface area contributed by atoms with Crippen molar-refractivity contribution in [3.8, 4) is 0 Å². The molecule has 1 N–H and O–H groups in total. The van der Waals surface area contributed by atoms with Crippen LogP contribution in [-0.2, 0) is 10.2 Å². The van der Waals surface area contributed by atoms with Gasteiger partial charge in [-0.3, -0.25) is 4.79 Å². The molecule has 2 aliphatic rings. The van der Waals surface area contributed by atoms with Gasteiger partial charge in [0.15, 0.2) is 0 Å². The molecular formula is C19H17BrFNOS. The summed E-state index contributed by atoms with van der Waals surface area (Å²) in [5.41, 5.74) is 1.55. The van der Waals surface area contributed by atoms with Crippen LogP contribution in [0.15, 0.2) is 51.8 Å². The van der Waals surface area contributed by atoms with Crippen molar-refractivity contribution in [3.05, 3.63) is 63.9 Å². The zero-order chi connectivity index (χ0) is 16.7. The summed E-state index contributed by atoms with van der Waals surface area (Å²) in [5.74, 6) is 0.754. The quantitative estimate of drug-likeness (QED) is 0.780. The summed E-state index contributed by atoms with van der Waals surface area (Å²) in [5, 5.41) is 3.19. The van der Waals surface area contributed by atoms with E-state index < -0.39 is 5.41 Å². The lowest BCUT2D eigenvalue weighted by Crippen LogP contribution is -2.38. The first kappa shape index (κ1) is 16.2. The summed E-state index contributed by atoms with van der Waals surface area (Å²) >= 11 is 5.21. The number of benzene rings is 2. The maximum Gasteiger partial charge on any atom is 0.231 e. The molecular weight excluding hydrogens is 389 g/mol. The number of carbonyl (C=O) groups is 1. The molecule has 4 rings (SSSR count). The fraction of sp³-hybridized carbons (Fsp3) is 0.316. The Labute approximate surface area is 153 Å². The summed E-state index contributed by atoms with van der Waals surface area (Å²) in [6, 6.07) is 12.7.